The van der Waals surface area contributed by atoms with Gasteiger partial charge in [-0.2, -0.15) is 19.0 Å². The lowest BCUT2D eigenvalue weighted by Gasteiger charge is -2.00. The number of aromatic nitrogens is 4. The number of halogens is 2. The minimum Gasteiger partial charge on any atom is -0.307 e. The lowest BCUT2D eigenvalue weighted by Crippen LogP contribution is -2.13. The Balaban J connectivity index is 1.80. The van der Waals surface area contributed by atoms with Gasteiger partial charge in [-0.05, 0) is 13.0 Å². The summed E-state index contributed by atoms with van der Waals surface area (Å²) in [6.07, 6.45) is 5.01. The van der Waals surface area contributed by atoms with Crippen LogP contribution in [0.25, 0.3) is 0 Å². The van der Waals surface area contributed by atoms with Crippen molar-refractivity contribution in [3.63, 3.8) is 0 Å². The second-order valence-corrected chi connectivity index (χ2v) is 3.87. The normalized spacial score (nSPS) is 11.3. The monoisotopic (exact) mass is 255 g/mol. The second-order valence-electron chi connectivity index (χ2n) is 3.87. The summed E-state index contributed by atoms with van der Waals surface area (Å²) in [5.74, 6) is 0. The fraction of sp³-hybridized carbons (Fsp3) is 0.455. The SMILES string of the molecule is CCn1cc(CNCc2ccn(C(F)F)n2)cn1. The highest BCUT2D eigenvalue weighted by atomic mass is 19.3. The van der Waals surface area contributed by atoms with Crippen LogP contribution in [-0.4, -0.2) is 19.6 Å². The van der Waals surface area contributed by atoms with E-state index in [0.29, 0.717) is 23.5 Å². The first-order valence-electron chi connectivity index (χ1n) is 5.73. The molecule has 0 amide bonds. The van der Waals surface area contributed by atoms with E-state index in [0.717, 1.165) is 12.1 Å². The number of nitrogens with zero attached hydrogens (tertiary/aromatic N) is 4. The van der Waals surface area contributed by atoms with Crippen LogP contribution in [0.1, 0.15) is 24.7 Å². The number of rotatable bonds is 6. The lowest BCUT2D eigenvalue weighted by molar-refractivity contribution is 0.0561. The molecule has 0 bridgehead atoms. The van der Waals surface area contributed by atoms with Crippen LogP contribution in [0.4, 0.5) is 8.78 Å². The molecule has 0 aliphatic carbocycles. The van der Waals surface area contributed by atoms with E-state index in [2.05, 4.69) is 15.5 Å². The fourth-order valence-corrected chi connectivity index (χ4v) is 1.59. The summed E-state index contributed by atoms with van der Waals surface area (Å²) >= 11 is 0. The molecule has 0 fully saturated rings. The molecule has 0 atom stereocenters. The van der Waals surface area contributed by atoms with Crippen LogP contribution in [-0.2, 0) is 19.6 Å². The van der Waals surface area contributed by atoms with Crippen molar-refractivity contribution in [1.29, 1.82) is 0 Å². The third-order valence-corrected chi connectivity index (χ3v) is 2.51. The van der Waals surface area contributed by atoms with Crippen molar-refractivity contribution in [3.8, 4) is 0 Å². The Morgan fingerprint density at radius 3 is 2.83 bits per heavy atom. The molecule has 2 aromatic heterocycles. The van der Waals surface area contributed by atoms with Crippen molar-refractivity contribution in [2.75, 3.05) is 0 Å². The predicted molar refractivity (Wildman–Crippen MR) is 61.9 cm³/mol. The first-order chi connectivity index (χ1) is 8.69. The van der Waals surface area contributed by atoms with Crippen molar-refractivity contribution in [2.45, 2.75) is 33.1 Å². The molecule has 7 heteroatoms. The minimum absolute atomic E-state index is 0.455. The molecule has 0 saturated carbocycles. The van der Waals surface area contributed by atoms with Gasteiger partial charge < -0.3 is 5.32 Å². The summed E-state index contributed by atoms with van der Waals surface area (Å²) in [6.45, 7) is 1.36. The zero-order valence-corrected chi connectivity index (χ0v) is 10.1. The van der Waals surface area contributed by atoms with E-state index in [9.17, 15) is 8.78 Å². The van der Waals surface area contributed by atoms with Gasteiger partial charge in [-0.15, -0.1) is 0 Å². The molecule has 0 saturated heterocycles. The largest absolute Gasteiger partial charge is 0.333 e. The fourth-order valence-electron chi connectivity index (χ4n) is 1.59. The lowest BCUT2D eigenvalue weighted by atomic mass is 10.3. The van der Waals surface area contributed by atoms with Gasteiger partial charge in [0.05, 0.1) is 11.9 Å². The van der Waals surface area contributed by atoms with E-state index in [1.54, 1.807) is 12.3 Å². The molecule has 0 radical (unpaired) electrons. The molecule has 0 aromatic carbocycles. The molecule has 1 N–H and O–H groups in total. The zero-order chi connectivity index (χ0) is 13.0. The molecule has 0 spiro atoms. The zero-order valence-electron chi connectivity index (χ0n) is 10.1. The Labute approximate surface area is 103 Å². The highest BCUT2D eigenvalue weighted by Crippen LogP contribution is 2.08. The summed E-state index contributed by atoms with van der Waals surface area (Å²) in [4.78, 5) is 0. The molecule has 18 heavy (non-hydrogen) atoms. The molecular weight excluding hydrogens is 240 g/mol. The molecular formula is C11H15F2N5. The summed E-state index contributed by atoms with van der Waals surface area (Å²) in [7, 11) is 0. The molecule has 0 unspecified atom stereocenters. The summed E-state index contributed by atoms with van der Waals surface area (Å²) in [5.41, 5.74) is 1.66. The first kappa shape index (κ1) is 12.7. The van der Waals surface area contributed by atoms with Gasteiger partial charge in [0.1, 0.15) is 0 Å². The van der Waals surface area contributed by atoms with Gasteiger partial charge in [-0.1, -0.05) is 0 Å². The van der Waals surface area contributed by atoms with E-state index >= 15 is 0 Å². The number of alkyl halides is 2. The molecule has 5 nitrogen and oxygen atoms in total. The maximum atomic E-state index is 12.3. The quantitative estimate of drug-likeness (QED) is 0.856. The predicted octanol–water partition coefficient (Wildman–Crippen LogP) is 1.78. The Kier molecular flexibility index (Phi) is 4.03. The van der Waals surface area contributed by atoms with Gasteiger partial charge in [0.25, 0.3) is 0 Å². The van der Waals surface area contributed by atoms with E-state index in [4.69, 9.17) is 0 Å². The Morgan fingerprint density at radius 1 is 1.39 bits per heavy atom. The third kappa shape index (κ3) is 3.13. The highest BCUT2D eigenvalue weighted by molar-refractivity contribution is 5.04. The van der Waals surface area contributed by atoms with Crippen molar-refractivity contribution in [3.05, 3.63) is 35.9 Å². The average Bonchev–Trinajstić information content (AvgIpc) is 2.97. The number of nitrogens with one attached hydrogen (secondary N) is 1. The maximum absolute atomic E-state index is 12.3. The Hall–Kier alpha value is -1.76. The first-order valence-corrected chi connectivity index (χ1v) is 5.73. The van der Waals surface area contributed by atoms with Gasteiger partial charge in [-0.3, -0.25) is 4.68 Å². The van der Waals surface area contributed by atoms with Crippen LogP contribution in [0.2, 0.25) is 0 Å². The molecule has 0 aliphatic rings. The van der Waals surface area contributed by atoms with E-state index < -0.39 is 6.55 Å². The van der Waals surface area contributed by atoms with Gasteiger partial charge >= 0.3 is 6.55 Å². The van der Waals surface area contributed by atoms with Gasteiger partial charge in [0, 0.05) is 37.6 Å². The van der Waals surface area contributed by atoms with E-state index in [1.807, 2.05) is 17.8 Å². The molecule has 2 aromatic rings. The highest BCUT2D eigenvalue weighted by Gasteiger charge is 2.07. The minimum atomic E-state index is -2.58. The standard InChI is InChI=1S/C11H15F2N5/c1-2-17-8-9(6-15-17)5-14-7-10-3-4-18(16-10)11(12)13/h3-4,6,8,11,14H,2,5,7H2,1H3. The van der Waals surface area contributed by atoms with Crippen LogP contribution in [0, 0.1) is 0 Å². The number of hydrogen-bond donors (Lipinski definition) is 1. The second kappa shape index (κ2) is 5.72. The van der Waals surface area contributed by atoms with Crippen molar-refractivity contribution >= 4 is 0 Å². The van der Waals surface area contributed by atoms with Crippen LogP contribution >= 0.6 is 0 Å². The van der Waals surface area contributed by atoms with Crippen molar-refractivity contribution < 1.29 is 8.78 Å². The summed E-state index contributed by atoms with van der Waals surface area (Å²) in [6, 6.07) is 1.58. The smallest absolute Gasteiger partial charge is 0.307 e. The summed E-state index contributed by atoms with van der Waals surface area (Å²) < 4.78 is 27.0. The van der Waals surface area contributed by atoms with Gasteiger partial charge in [0.15, 0.2) is 0 Å². The molecule has 0 aliphatic heterocycles. The Bertz CT molecular complexity index is 491. The number of hydrogen-bond acceptors (Lipinski definition) is 3. The van der Waals surface area contributed by atoms with Crippen LogP contribution in [0.15, 0.2) is 24.7 Å². The third-order valence-electron chi connectivity index (χ3n) is 2.51. The number of aryl methyl sites for hydroxylation is 1. The van der Waals surface area contributed by atoms with Gasteiger partial charge in [0.2, 0.25) is 0 Å². The topological polar surface area (TPSA) is 47.7 Å². The average molecular weight is 255 g/mol. The Morgan fingerprint density at radius 2 is 2.22 bits per heavy atom. The van der Waals surface area contributed by atoms with Crippen LogP contribution < -0.4 is 5.32 Å². The van der Waals surface area contributed by atoms with E-state index in [-0.39, 0.29) is 0 Å². The van der Waals surface area contributed by atoms with Crippen molar-refractivity contribution in [1.82, 2.24) is 24.9 Å². The van der Waals surface area contributed by atoms with Crippen LogP contribution in [0.5, 0.6) is 0 Å². The molecule has 2 rings (SSSR count). The maximum Gasteiger partial charge on any atom is 0.333 e. The molecule has 2 heterocycles. The van der Waals surface area contributed by atoms with Crippen LogP contribution in [0.3, 0.4) is 0 Å². The van der Waals surface area contributed by atoms with Crippen molar-refractivity contribution in [2.24, 2.45) is 0 Å². The molecule has 98 valence electrons. The summed E-state index contributed by atoms with van der Waals surface area (Å²) in [5, 5.41) is 11.0. The van der Waals surface area contributed by atoms with Gasteiger partial charge in [-0.25, -0.2) is 4.68 Å². The van der Waals surface area contributed by atoms with E-state index in [1.165, 1.54) is 6.20 Å².